The molecule has 1 saturated heterocycles. The summed E-state index contributed by atoms with van der Waals surface area (Å²) >= 11 is 6.11. The molecule has 1 unspecified atom stereocenters. The lowest BCUT2D eigenvalue weighted by Gasteiger charge is -2.24. The van der Waals surface area contributed by atoms with Crippen LogP contribution in [-0.2, 0) is 11.2 Å². The molecule has 2 aromatic carbocycles. The molecule has 4 nitrogen and oxygen atoms in total. The Hall–Kier alpha value is -2.33. The second kappa shape index (κ2) is 8.17. The zero-order valence-electron chi connectivity index (χ0n) is 14.0. The molecule has 2 aromatic rings. The summed E-state index contributed by atoms with van der Waals surface area (Å²) in [6.45, 7) is 1.51. The van der Waals surface area contributed by atoms with E-state index in [0.717, 1.165) is 31.5 Å². The van der Waals surface area contributed by atoms with Crippen molar-refractivity contribution in [2.45, 2.75) is 25.3 Å². The van der Waals surface area contributed by atoms with Crippen molar-refractivity contribution in [1.29, 1.82) is 0 Å². The maximum atomic E-state index is 12.9. The third-order valence-corrected chi connectivity index (χ3v) is 4.75. The number of nitrogens with one attached hydrogen (secondary N) is 1. The van der Waals surface area contributed by atoms with Gasteiger partial charge in [0, 0.05) is 19.5 Å². The number of nitrogens with zero attached hydrogens (tertiary/aromatic N) is 1. The summed E-state index contributed by atoms with van der Waals surface area (Å²) in [5.74, 6) is -0.346. The standard InChI is InChI=1S/C20H21ClN2O2/c21-17-11-5-4-10-16(17)19(24)22-18(14-15-8-2-1-3-9-15)20(25)23-12-6-7-13-23/h1-5,8-11,18H,6-7,12-14H2,(H,22,24). The number of rotatable bonds is 5. The molecule has 5 heteroatoms. The molecule has 130 valence electrons. The number of amides is 2. The molecule has 0 radical (unpaired) electrons. The second-order valence-corrected chi connectivity index (χ2v) is 6.64. The zero-order chi connectivity index (χ0) is 17.6. The topological polar surface area (TPSA) is 49.4 Å². The average Bonchev–Trinajstić information content (AvgIpc) is 3.16. The van der Waals surface area contributed by atoms with E-state index in [-0.39, 0.29) is 11.8 Å². The van der Waals surface area contributed by atoms with E-state index in [2.05, 4.69) is 5.32 Å². The molecule has 3 rings (SSSR count). The van der Waals surface area contributed by atoms with E-state index in [1.807, 2.05) is 35.2 Å². The first kappa shape index (κ1) is 17.5. The molecule has 2 amide bonds. The quantitative estimate of drug-likeness (QED) is 0.893. The van der Waals surface area contributed by atoms with E-state index in [9.17, 15) is 9.59 Å². The third-order valence-electron chi connectivity index (χ3n) is 4.42. The van der Waals surface area contributed by atoms with Crippen LogP contribution in [0.4, 0.5) is 0 Å². The van der Waals surface area contributed by atoms with Crippen LogP contribution in [-0.4, -0.2) is 35.8 Å². The van der Waals surface area contributed by atoms with Crippen LogP contribution >= 0.6 is 11.6 Å². The van der Waals surface area contributed by atoms with Crippen molar-refractivity contribution in [3.05, 3.63) is 70.7 Å². The molecule has 0 spiro atoms. The minimum atomic E-state index is -0.593. The van der Waals surface area contributed by atoms with Crippen LogP contribution in [0.1, 0.15) is 28.8 Å². The molecular formula is C20H21ClN2O2. The smallest absolute Gasteiger partial charge is 0.253 e. The van der Waals surface area contributed by atoms with Crippen LogP contribution < -0.4 is 5.32 Å². The largest absolute Gasteiger partial charge is 0.341 e. The lowest BCUT2D eigenvalue weighted by atomic mass is 10.0. The predicted molar refractivity (Wildman–Crippen MR) is 98.7 cm³/mol. The summed E-state index contributed by atoms with van der Waals surface area (Å²) in [5, 5.41) is 3.27. The van der Waals surface area contributed by atoms with Crippen LogP contribution in [0.25, 0.3) is 0 Å². The summed E-state index contributed by atoms with van der Waals surface area (Å²) in [5.41, 5.74) is 1.40. The molecule has 0 aliphatic carbocycles. The van der Waals surface area contributed by atoms with E-state index in [1.54, 1.807) is 24.3 Å². The normalized spacial score (nSPS) is 15.0. The van der Waals surface area contributed by atoms with Gasteiger partial charge in [0.05, 0.1) is 10.6 Å². The Kier molecular flexibility index (Phi) is 5.71. The Bertz CT molecular complexity index is 742. The van der Waals surface area contributed by atoms with Crippen molar-refractivity contribution in [2.24, 2.45) is 0 Å². The third kappa shape index (κ3) is 4.40. The lowest BCUT2D eigenvalue weighted by molar-refractivity contribution is -0.132. The number of likely N-dealkylation sites (tertiary alicyclic amines) is 1. The fourth-order valence-electron chi connectivity index (χ4n) is 3.09. The molecule has 25 heavy (non-hydrogen) atoms. The van der Waals surface area contributed by atoms with Gasteiger partial charge in [-0.1, -0.05) is 54.1 Å². The summed E-state index contributed by atoms with van der Waals surface area (Å²) in [7, 11) is 0. The maximum Gasteiger partial charge on any atom is 0.253 e. The predicted octanol–water partition coefficient (Wildman–Crippen LogP) is 3.30. The van der Waals surface area contributed by atoms with Gasteiger partial charge in [-0.15, -0.1) is 0 Å². The fourth-order valence-corrected chi connectivity index (χ4v) is 3.31. The first-order valence-electron chi connectivity index (χ1n) is 8.53. The van der Waals surface area contributed by atoms with Gasteiger partial charge < -0.3 is 10.2 Å². The highest BCUT2D eigenvalue weighted by molar-refractivity contribution is 6.33. The van der Waals surface area contributed by atoms with E-state index >= 15 is 0 Å². The highest BCUT2D eigenvalue weighted by Gasteiger charge is 2.28. The molecule has 1 fully saturated rings. The minimum absolute atomic E-state index is 0.0262. The molecule has 1 atom stereocenters. The van der Waals surface area contributed by atoms with Gasteiger partial charge in [-0.25, -0.2) is 0 Å². The lowest BCUT2D eigenvalue weighted by Crippen LogP contribution is -2.49. The number of carbonyl (C=O) groups is 2. The Balaban J connectivity index is 1.79. The summed E-state index contributed by atoms with van der Waals surface area (Å²) in [6.07, 6.45) is 2.50. The van der Waals surface area contributed by atoms with E-state index in [0.29, 0.717) is 17.0 Å². The van der Waals surface area contributed by atoms with Crippen LogP contribution in [0.5, 0.6) is 0 Å². The first-order valence-corrected chi connectivity index (χ1v) is 8.91. The molecule has 0 saturated carbocycles. The van der Waals surface area contributed by atoms with Gasteiger partial charge >= 0.3 is 0 Å². The van der Waals surface area contributed by atoms with E-state index in [1.165, 1.54) is 0 Å². The SMILES string of the molecule is O=C(NC(Cc1ccccc1)C(=O)N1CCCC1)c1ccccc1Cl. The summed E-state index contributed by atoms with van der Waals surface area (Å²) < 4.78 is 0. The average molecular weight is 357 g/mol. The van der Waals surface area contributed by atoms with Gasteiger partial charge in [0.2, 0.25) is 5.91 Å². The highest BCUT2D eigenvalue weighted by Crippen LogP contribution is 2.16. The molecule has 1 N–H and O–H groups in total. The fraction of sp³-hybridized carbons (Fsp3) is 0.300. The van der Waals surface area contributed by atoms with Gasteiger partial charge in [0.1, 0.15) is 6.04 Å². The Morgan fingerprint density at radius 1 is 1.00 bits per heavy atom. The molecular weight excluding hydrogens is 336 g/mol. The van der Waals surface area contributed by atoms with Crippen molar-refractivity contribution in [3.63, 3.8) is 0 Å². The van der Waals surface area contributed by atoms with Gasteiger partial charge in [0.25, 0.3) is 5.91 Å². The number of halogens is 1. The Labute approximate surface area is 152 Å². The minimum Gasteiger partial charge on any atom is -0.341 e. The van der Waals surface area contributed by atoms with Crippen molar-refractivity contribution in [2.75, 3.05) is 13.1 Å². The van der Waals surface area contributed by atoms with Crippen LogP contribution in [0, 0.1) is 0 Å². The highest BCUT2D eigenvalue weighted by atomic mass is 35.5. The monoisotopic (exact) mass is 356 g/mol. The van der Waals surface area contributed by atoms with Crippen molar-refractivity contribution < 1.29 is 9.59 Å². The van der Waals surface area contributed by atoms with Crippen LogP contribution in [0.15, 0.2) is 54.6 Å². The van der Waals surface area contributed by atoms with Gasteiger partial charge in [-0.3, -0.25) is 9.59 Å². The first-order chi connectivity index (χ1) is 12.1. The Morgan fingerprint density at radius 2 is 1.64 bits per heavy atom. The second-order valence-electron chi connectivity index (χ2n) is 6.23. The molecule has 0 aromatic heterocycles. The number of hydrogen-bond acceptors (Lipinski definition) is 2. The van der Waals surface area contributed by atoms with Crippen LogP contribution in [0.2, 0.25) is 5.02 Å². The summed E-state index contributed by atoms with van der Waals surface area (Å²) in [6, 6.07) is 16.0. The van der Waals surface area contributed by atoms with Crippen LogP contribution in [0.3, 0.4) is 0 Å². The number of hydrogen-bond donors (Lipinski definition) is 1. The van der Waals surface area contributed by atoms with Gasteiger partial charge in [-0.05, 0) is 30.5 Å². The van der Waals surface area contributed by atoms with Gasteiger partial charge in [-0.2, -0.15) is 0 Å². The zero-order valence-corrected chi connectivity index (χ0v) is 14.7. The number of carbonyl (C=O) groups excluding carboxylic acids is 2. The van der Waals surface area contributed by atoms with Crippen molar-refractivity contribution in [1.82, 2.24) is 10.2 Å². The molecule has 1 aliphatic rings. The van der Waals surface area contributed by atoms with E-state index < -0.39 is 6.04 Å². The number of benzene rings is 2. The maximum absolute atomic E-state index is 12.9. The van der Waals surface area contributed by atoms with Crippen molar-refractivity contribution in [3.8, 4) is 0 Å². The molecule has 1 heterocycles. The Morgan fingerprint density at radius 3 is 2.32 bits per heavy atom. The molecule has 1 aliphatic heterocycles. The van der Waals surface area contributed by atoms with Crippen molar-refractivity contribution >= 4 is 23.4 Å². The summed E-state index contributed by atoms with van der Waals surface area (Å²) in [4.78, 5) is 27.3. The van der Waals surface area contributed by atoms with E-state index in [4.69, 9.17) is 11.6 Å². The van der Waals surface area contributed by atoms with Gasteiger partial charge in [0.15, 0.2) is 0 Å². The molecule has 0 bridgehead atoms.